The molecule has 0 spiro atoms. The van der Waals surface area contributed by atoms with Gasteiger partial charge in [-0.1, -0.05) is 6.42 Å². The van der Waals surface area contributed by atoms with Crippen LogP contribution in [0.4, 0.5) is 0 Å². The summed E-state index contributed by atoms with van der Waals surface area (Å²) >= 11 is 1.79. The Labute approximate surface area is 97.0 Å². The second kappa shape index (κ2) is 6.38. The molecule has 1 saturated heterocycles. The zero-order chi connectivity index (χ0) is 11.3. The average molecular weight is 230 g/mol. The normalized spacial score (nSPS) is 23.5. The number of nitrogens with zero attached hydrogens (tertiary/aromatic N) is 1. The number of nitrogens with one attached hydrogen (secondary N) is 1. The molecule has 1 aliphatic heterocycles. The minimum atomic E-state index is 0.0630. The smallest absolute Gasteiger partial charge is 0.239 e. The van der Waals surface area contributed by atoms with Crippen molar-refractivity contribution < 1.29 is 4.79 Å². The van der Waals surface area contributed by atoms with Crippen LogP contribution in [-0.4, -0.2) is 48.5 Å². The predicted molar refractivity (Wildman–Crippen MR) is 66.3 cm³/mol. The summed E-state index contributed by atoms with van der Waals surface area (Å²) < 4.78 is 0. The van der Waals surface area contributed by atoms with Crippen LogP contribution in [-0.2, 0) is 4.79 Å². The van der Waals surface area contributed by atoms with Crippen LogP contribution in [0.1, 0.15) is 26.2 Å². The molecule has 1 heterocycles. The largest absolute Gasteiger partial charge is 0.341 e. The molecule has 0 aromatic heterocycles. The minimum absolute atomic E-state index is 0.0630. The lowest BCUT2D eigenvalue weighted by Crippen LogP contribution is -2.50. The van der Waals surface area contributed by atoms with E-state index in [9.17, 15) is 4.79 Å². The van der Waals surface area contributed by atoms with Crippen LogP contribution < -0.4 is 5.32 Å². The molecule has 2 atom stereocenters. The number of likely N-dealkylation sites (N-methyl/N-ethyl adjacent to an activating group) is 1. The fourth-order valence-corrected chi connectivity index (χ4v) is 2.58. The molecule has 0 saturated carbocycles. The average Bonchev–Trinajstić information content (AvgIpc) is 2.28. The first-order valence-corrected chi connectivity index (χ1v) is 7.05. The number of carbonyl (C=O) groups excluding carboxylic acids is 1. The molecule has 4 heteroatoms. The first kappa shape index (κ1) is 12.8. The number of amides is 1. The van der Waals surface area contributed by atoms with Gasteiger partial charge in [0.25, 0.3) is 0 Å². The third-order valence-electron chi connectivity index (χ3n) is 3.03. The van der Waals surface area contributed by atoms with Crippen LogP contribution >= 0.6 is 11.8 Å². The highest BCUT2D eigenvalue weighted by Gasteiger charge is 2.25. The molecule has 0 aromatic rings. The van der Waals surface area contributed by atoms with E-state index in [2.05, 4.69) is 18.5 Å². The summed E-state index contributed by atoms with van der Waals surface area (Å²) in [5.41, 5.74) is 0. The standard InChI is InChI=1S/C11H22N2OS/c1-9(8-15-3)13(2)11(14)10-6-4-5-7-12-10/h9-10,12H,4-8H2,1-3H3/t9?,10-/m1/s1. The van der Waals surface area contributed by atoms with E-state index in [0.717, 1.165) is 18.7 Å². The molecule has 1 aliphatic rings. The highest BCUT2D eigenvalue weighted by Crippen LogP contribution is 2.12. The van der Waals surface area contributed by atoms with Crippen LogP contribution in [0.3, 0.4) is 0 Å². The summed E-state index contributed by atoms with van der Waals surface area (Å²) in [6.07, 6.45) is 5.45. The molecule has 1 unspecified atom stereocenters. The Hall–Kier alpha value is -0.220. The third kappa shape index (κ3) is 3.68. The van der Waals surface area contributed by atoms with Gasteiger partial charge in [-0.05, 0) is 32.6 Å². The van der Waals surface area contributed by atoms with Gasteiger partial charge in [0.1, 0.15) is 0 Å². The van der Waals surface area contributed by atoms with Crippen LogP contribution in [0, 0.1) is 0 Å². The van der Waals surface area contributed by atoms with E-state index in [1.165, 1.54) is 12.8 Å². The van der Waals surface area contributed by atoms with E-state index < -0.39 is 0 Å². The second-order valence-corrected chi connectivity index (χ2v) is 5.17. The van der Waals surface area contributed by atoms with Gasteiger partial charge in [0.05, 0.1) is 6.04 Å². The molecule has 88 valence electrons. The van der Waals surface area contributed by atoms with Gasteiger partial charge in [-0.25, -0.2) is 0 Å². The van der Waals surface area contributed by atoms with Gasteiger partial charge in [0.2, 0.25) is 5.91 Å². The number of rotatable bonds is 4. The van der Waals surface area contributed by atoms with E-state index in [4.69, 9.17) is 0 Å². The Morgan fingerprint density at radius 1 is 1.60 bits per heavy atom. The summed E-state index contributed by atoms with van der Waals surface area (Å²) in [5.74, 6) is 1.27. The fraction of sp³-hybridized carbons (Fsp3) is 0.909. The number of piperidine rings is 1. The summed E-state index contributed by atoms with van der Waals surface area (Å²) in [6, 6.07) is 0.393. The Balaban J connectivity index is 2.43. The van der Waals surface area contributed by atoms with Crippen molar-refractivity contribution in [3.8, 4) is 0 Å². The summed E-state index contributed by atoms with van der Waals surface area (Å²) in [5, 5.41) is 3.30. The highest BCUT2D eigenvalue weighted by molar-refractivity contribution is 7.98. The van der Waals surface area contributed by atoms with Crippen molar-refractivity contribution in [2.75, 3.05) is 25.6 Å². The van der Waals surface area contributed by atoms with E-state index in [1.807, 2.05) is 11.9 Å². The van der Waals surface area contributed by atoms with Gasteiger partial charge in [0, 0.05) is 18.8 Å². The van der Waals surface area contributed by atoms with Crippen LogP contribution in [0.25, 0.3) is 0 Å². The van der Waals surface area contributed by atoms with E-state index in [0.29, 0.717) is 6.04 Å². The van der Waals surface area contributed by atoms with Crippen molar-refractivity contribution >= 4 is 17.7 Å². The number of carbonyl (C=O) groups is 1. The Kier molecular flexibility index (Phi) is 5.47. The van der Waals surface area contributed by atoms with Crippen LogP contribution in [0.2, 0.25) is 0 Å². The summed E-state index contributed by atoms with van der Waals surface area (Å²) in [4.78, 5) is 14.0. The van der Waals surface area contributed by atoms with E-state index >= 15 is 0 Å². The molecule has 0 radical (unpaired) electrons. The van der Waals surface area contributed by atoms with Crippen molar-refractivity contribution in [1.29, 1.82) is 0 Å². The molecule has 1 fully saturated rings. The maximum atomic E-state index is 12.1. The molecule has 15 heavy (non-hydrogen) atoms. The number of hydrogen-bond acceptors (Lipinski definition) is 3. The van der Waals surface area contributed by atoms with Gasteiger partial charge in [-0.3, -0.25) is 4.79 Å². The maximum absolute atomic E-state index is 12.1. The Morgan fingerprint density at radius 2 is 2.33 bits per heavy atom. The van der Waals surface area contributed by atoms with Gasteiger partial charge < -0.3 is 10.2 Å². The van der Waals surface area contributed by atoms with Gasteiger partial charge in [-0.15, -0.1) is 0 Å². The first-order valence-electron chi connectivity index (χ1n) is 5.65. The zero-order valence-corrected chi connectivity index (χ0v) is 10.8. The Morgan fingerprint density at radius 3 is 2.87 bits per heavy atom. The van der Waals surface area contributed by atoms with Crippen molar-refractivity contribution in [3.05, 3.63) is 0 Å². The van der Waals surface area contributed by atoms with Crippen molar-refractivity contribution in [2.45, 2.75) is 38.3 Å². The molecule has 0 aromatic carbocycles. The van der Waals surface area contributed by atoms with Crippen LogP contribution in [0.15, 0.2) is 0 Å². The molecule has 0 aliphatic carbocycles. The minimum Gasteiger partial charge on any atom is -0.341 e. The van der Waals surface area contributed by atoms with Gasteiger partial charge in [0.15, 0.2) is 0 Å². The summed E-state index contributed by atoms with van der Waals surface area (Å²) in [6.45, 7) is 3.10. The van der Waals surface area contributed by atoms with Crippen molar-refractivity contribution in [1.82, 2.24) is 10.2 Å². The lowest BCUT2D eigenvalue weighted by molar-refractivity contribution is -0.134. The second-order valence-electron chi connectivity index (χ2n) is 4.26. The predicted octanol–water partition coefficient (Wildman–Crippen LogP) is 1.34. The maximum Gasteiger partial charge on any atom is 0.239 e. The molecule has 0 bridgehead atoms. The van der Waals surface area contributed by atoms with Crippen molar-refractivity contribution in [2.24, 2.45) is 0 Å². The lowest BCUT2D eigenvalue weighted by Gasteiger charge is -2.31. The SMILES string of the molecule is CSCC(C)N(C)C(=O)[C@H]1CCCCN1. The monoisotopic (exact) mass is 230 g/mol. The number of thioether (sulfide) groups is 1. The molecule has 1 amide bonds. The topological polar surface area (TPSA) is 32.3 Å². The zero-order valence-electron chi connectivity index (χ0n) is 9.95. The molecular weight excluding hydrogens is 208 g/mol. The first-order chi connectivity index (χ1) is 7.16. The fourth-order valence-electron chi connectivity index (χ4n) is 1.88. The molecule has 1 rings (SSSR count). The third-order valence-corrected chi connectivity index (χ3v) is 3.84. The van der Waals surface area contributed by atoms with Gasteiger partial charge >= 0.3 is 0 Å². The molecule has 3 nitrogen and oxygen atoms in total. The Bertz CT molecular complexity index is 205. The molecular formula is C11H22N2OS. The summed E-state index contributed by atoms with van der Waals surface area (Å²) in [7, 11) is 1.92. The van der Waals surface area contributed by atoms with Crippen LogP contribution in [0.5, 0.6) is 0 Å². The number of hydrogen-bond donors (Lipinski definition) is 1. The lowest BCUT2D eigenvalue weighted by atomic mass is 10.0. The van der Waals surface area contributed by atoms with Crippen molar-refractivity contribution in [3.63, 3.8) is 0 Å². The van der Waals surface area contributed by atoms with E-state index in [-0.39, 0.29) is 11.9 Å². The quantitative estimate of drug-likeness (QED) is 0.791. The van der Waals surface area contributed by atoms with Gasteiger partial charge in [-0.2, -0.15) is 11.8 Å². The highest BCUT2D eigenvalue weighted by atomic mass is 32.2. The molecule has 1 N–H and O–H groups in total. The van der Waals surface area contributed by atoms with E-state index in [1.54, 1.807) is 11.8 Å².